The maximum absolute atomic E-state index is 9.65. The summed E-state index contributed by atoms with van der Waals surface area (Å²) in [6.45, 7) is 2.35. The van der Waals surface area contributed by atoms with Crippen LogP contribution in [0.5, 0.6) is 0 Å². The molecule has 0 fully saturated rings. The van der Waals surface area contributed by atoms with Crippen LogP contribution in [0.2, 0.25) is 0 Å². The van der Waals surface area contributed by atoms with Crippen molar-refractivity contribution in [2.45, 2.75) is 18.4 Å². The van der Waals surface area contributed by atoms with Crippen molar-refractivity contribution in [3.8, 4) is 6.07 Å². The molecule has 3 heteroatoms. The molecule has 21 heavy (non-hydrogen) atoms. The van der Waals surface area contributed by atoms with Crippen molar-refractivity contribution >= 4 is 5.90 Å². The van der Waals surface area contributed by atoms with E-state index in [1.807, 2.05) is 67.6 Å². The summed E-state index contributed by atoms with van der Waals surface area (Å²) in [5.74, 6) is 0.505. The standard InChI is InChI=1S/C18H16N2O/c1-18(13-19,15-10-6-3-7-11-15)17-20-16(12-21-17)14-8-4-2-5-9-14/h2-11,16H,12H2,1H3/t16-,18+/m0/s1. The Morgan fingerprint density at radius 3 is 2.33 bits per heavy atom. The number of rotatable bonds is 3. The lowest BCUT2D eigenvalue weighted by Crippen LogP contribution is -2.31. The molecule has 2 aromatic carbocycles. The molecule has 0 aliphatic carbocycles. The summed E-state index contributed by atoms with van der Waals surface area (Å²) < 4.78 is 5.76. The monoisotopic (exact) mass is 276 g/mol. The van der Waals surface area contributed by atoms with Crippen LogP contribution in [0.25, 0.3) is 0 Å². The zero-order chi connectivity index (χ0) is 14.7. The molecule has 0 spiro atoms. The molecule has 0 aromatic heterocycles. The first-order valence-electron chi connectivity index (χ1n) is 6.97. The first-order chi connectivity index (χ1) is 10.2. The Bertz CT molecular complexity index is 688. The van der Waals surface area contributed by atoms with E-state index in [2.05, 4.69) is 11.1 Å². The molecule has 3 nitrogen and oxygen atoms in total. The highest BCUT2D eigenvalue weighted by molar-refractivity contribution is 5.92. The van der Waals surface area contributed by atoms with Crippen LogP contribution < -0.4 is 0 Å². The van der Waals surface area contributed by atoms with E-state index in [-0.39, 0.29) is 6.04 Å². The topological polar surface area (TPSA) is 45.4 Å². The van der Waals surface area contributed by atoms with Crippen LogP contribution >= 0.6 is 0 Å². The van der Waals surface area contributed by atoms with E-state index in [0.717, 1.165) is 11.1 Å². The molecule has 1 heterocycles. The van der Waals surface area contributed by atoms with Crippen molar-refractivity contribution in [1.29, 1.82) is 5.26 Å². The summed E-state index contributed by atoms with van der Waals surface area (Å²) in [4.78, 5) is 4.65. The normalized spacial score (nSPS) is 20.0. The lowest BCUT2D eigenvalue weighted by atomic mass is 9.84. The minimum atomic E-state index is -0.842. The number of hydrogen-bond acceptors (Lipinski definition) is 3. The number of aliphatic imine (C=N–C) groups is 1. The molecular weight excluding hydrogens is 260 g/mol. The average molecular weight is 276 g/mol. The molecular formula is C18H16N2O. The highest BCUT2D eigenvalue weighted by atomic mass is 16.5. The fourth-order valence-electron chi connectivity index (χ4n) is 2.50. The smallest absolute Gasteiger partial charge is 0.209 e. The molecule has 0 N–H and O–H groups in total. The third-order valence-corrected chi connectivity index (χ3v) is 3.84. The predicted molar refractivity (Wildman–Crippen MR) is 82.0 cm³/mol. The Balaban J connectivity index is 1.95. The van der Waals surface area contributed by atoms with Crippen molar-refractivity contribution in [2.24, 2.45) is 4.99 Å². The summed E-state index contributed by atoms with van der Waals surface area (Å²) in [7, 11) is 0. The maximum Gasteiger partial charge on any atom is 0.209 e. The molecule has 0 saturated carbocycles. The van der Waals surface area contributed by atoms with Gasteiger partial charge in [-0.3, -0.25) is 0 Å². The van der Waals surface area contributed by atoms with Gasteiger partial charge in [-0.05, 0) is 18.1 Å². The van der Waals surface area contributed by atoms with Gasteiger partial charge in [0.05, 0.1) is 6.07 Å². The number of nitrogens with zero attached hydrogens (tertiary/aromatic N) is 2. The van der Waals surface area contributed by atoms with Crippen LogP contribution in [0.3, 0.4) is 0 Å². The van der Waals surface area contributed by atoms with Crippen LogP contribution in [-0.2, 0) is 10.2 Å². The Morgan fingerprint density at radius 1 is 1.10 bits per heavy atom. The summed E-state index contributed by atoms with van der Waals surface area (Å²) in [5, 5.41) is 9.65. The van der Waals surface area contributed by atoms with E-state index in [1.165, 1.54) is 0 Å². The van der Waals surface area contributed by atoms with Gasteiger partial charge in [0.2, 0.25) is 5.90 Å². The Kier molecular flexibility index (Phi) is 3.45. The fourth-order valence-corrected chi connectivity index (χ4v) is 2.50. The summed E-state index contributed by atoms with van der Waals surface area (Å²) >= 11 is 0. The SMILES string of the molecule is C[C@](C#N)(C1=N[C@H](c2ccccc2)CO1)c1ccccc1. The van der Waals surface area contributed by atoms with Crippen molar-refractivity contribution in [3.05, 3.63) is 71.8 Å². The van der Waals surface area contributed by atoms with Crippen molar-refractivity contribution in [2.75, 3.05) is 6.61 Å². The van der Waals surface area contributed by atoms with E-state index >= 15 is 0 Å². The second-order valence-corrected chi connectivity index (χ2v) is 5.27. The van der Waals surface area contributed by atoms with Gasteiger partial charge >= 0.3 is 0 Å². The minimum Gasteiger partial charge on any atom is -0.477 e. The fraction of sp³-hybridized carbons (Fsp3) is 0.222. The second-order valence-electron chi connectivity index (χ2n) is 5.27. The van der Waals surface area contributed by atoms with E-state index in [1.54, 1.807) is 0 Å². The molecule has 1 aliphatic rings. The van der Waals surface area contributed by atoms with E-state index < -0.39 is 5.41 Å². The number of benzene rings is 2. The Labute approximate surface area is 124 Å². The number of nitriles is 1. The van der Waals surface area contributed by atoms with Gasteiger partial charge in [-0.2, -0.15) is 5.26 Å². The molecule has 0 unspecified atom stereocenters. The zero-order valence-corrected chi connectivity index (χ0v) is 11.9. The quantitative estimate of drug-likeness (QED) is 0.859. The molecule has 0 amide bonds. The Hall–Kier alpha value is -2.60. The van der Waals surface area contributed by atoms with E-state index in [0.29, 0.717) is 12.5 Å². The molecule has 3 rings (SSSR count). The summed E-state index contributed by atoms with van der Waals surface area (Å²) in [6, 6.07) is 22.0. The molecule has 104 valence electrons. The van der Waals surface area contributed by atoms with E-state index in [9.17, 15) is 5.26 Å². The molecule has 0 bridgehead atoms. The number of ether oxygens (including phenoxy) is 1. The van der Waals surface area contributed by atoms with Crippen LogP contribution in [0.4, 0.5) is 0 Å². The van der Waals surface area contributed by atoms with Crippen molar-refractivity contribution in [3.63, 3.8) is 0 Å². The lowest BCUT2D eigenvalue weighted by molar-refractivity contribution is 0.301. The van der Waals surface area contributed by atoms with Gasteiger partial charge in [0.25, 0.3) is 0 Å². The second kappa shape index (κ2) is 5.41. The molecule has 0 radical (unpaired) electrons. The molecule has 0 saturated heterocycles. The van der Waals surface area contributed by atoms with Crippen molar-refractivity contribution < 1.29 is 4.74 Å². The van der Waals surface area contributed by atoms with Gasteiger partial charge in [0, 0.05) is 0 Å². The maximum atomic E-state index is 9.65. The zero-order valence-electron chi connectivity index (χ0n) is 11.9. The van der Waals surface area contributed by atoms with Crippen molar-refractivity contribution in [1.82, 2.24) is 0 Å². The average Bonchev–Trinajstić information content (AvgIpc) is 3.06. The minimum absolute atomic E-state index is 0.0300. The van der Waals surface area contributed by atoms with Gasteiger partial charge in [0.1, 0.15) is 12.6 Å². The Morgan fingerprint density at radius 2 is 1.71 bits per heavy atom. The molecule has 2 atom stereocenters. The third kappa shape index (κ3) is 2.41. The van der Waals surface area contributed by atoms with Gasteiger partial charge in [-0.15, -0.1) is 0 Å². The van der Waals surface area contributed by atoms with Gasteiger partial charge in [-0.25, -0.2) is 4.99 Å². The van der Waals surface area contributed by atoms with Crippen LogP contribution in [0, 0.1) is 11.3 Å². The summed E-state index contributed by atoms with van der Waals surface area (Å²) in [6.07, 6.45) is 0. The summed E-state index contributed by atoms with van der Waals surface area (Å²) in [5.41, 5.74) is 1.17. The third-order valence-electron chi connectivity index (χ3n) is 3.84. The number of hydrogen-bond donors (Lipinski definition) is 0. The predicted octanol–water partition coefficient (Wildman–Crippen LogP) is 3.64. The largest absolute Gasteiger partial charge is 0.477 e. The van der Waals surface area contributed by atoms with Gasteiger partial charge < -0.3 is 4.74 Å². The molecule has 2 aromatic rings. The van der Waals surface area contributed by atoms with Gasteiger partial charge in [-0.1, -0.05) is 60.7 Å². The van der Waals surface area contributed by atoms with E-state index in [4.69, 9.17) is 4.74 Å². The first kappa shape index (κ1) is 13.4. The van der Waals surface area contributed by atoms with Crippen LogP contribution in [-0.4, -0.2) is 12.5 Å². The van der Waals surface area contributed by atoms with Crippen LogP contribution in [0.1, 0.15) is 24.1 Å². The van der Waals surface area contributed by atoms with Gasteiger partial charge in [0.15, 0.2) is 5.41 Å². The molecule has 1 aliphatic heterocycles. The highest BCUT2D eigenvalue weighted by Gasteiger charge is 2.38. The lowest BCUT2D eigenvalue weighted by Gasteiger charge is -2.20. The van der Waals surface area contributed by atoms with Crippen LogP contribution in [0.15, 0.2) is 65.7 Å². The highest BCUT2D eigenvalue weighted by Crippen LogP contribution is 2.32. The first-order valence-corrected chi connectivity index (χ1v) is 6.97.